The smallest absolute Gasteiger partial charge is 0.360 e. The van der Waals surface area contributed by atoms with E-state index in [2.05, 4.69) is 5.16 Å². The van der Waals surface area contributed by atoms with Crippen LogP contribution < -0.4 is 5.63 Å². The van der Waals surface area contributed by atoms with Crippen LogP contribution in [-0.2, 0) is 11.2 Å². The van der Waals surface area contributed by atoms with E-state index in [1.807, 2.05) is 0 Å². The number of aromatic amines is 1. The minimum Gasteiger partial charge on any atom is -0.481 e. The Morgan fingerprint density at radius 3 is 2.80 bits per heavy atom. The Morgan fingerprint density at radius 1 is 1.53 bits per heavy atom. The molecule has 1 heterocycles. The zero-order valence-electron chi connectivity index (χ0n) is 8.28. The van der Waals surface area contributed by atoms with Gasteiger partial charge in [0, 0.05) is 12.3 Å². The van der Waals surface area contributed by atoms with Crippen molar-refractivity contribution in [2.45, 2.75) is 38.0 Å². The molecule has 1 fully saturated rings. The summed E-state index contributed by atoms with van der Waals surface area (Å²) in [7, 11) is 0. The second kappa shape index (κ2) is 3.92. The standard InChI is InChI=1S/C10H13NO4/c12-8(13)5-4-7-9(6-2-1-3-6)11-15-10(7)14/h6,11H,1-5H2,(H,12,13). The number of H-pyrrole nitrogens is 1. The van der Waals surface area contributed by atoms with E-state index in [1.165, 1.54) is 0 Å². The van der Waals surface area contributed by atoms with E-state index in [-0.39, 0.29) is 12.8 Å². The molecule has 1 saturated carbocycles. The summed E-state index contributed by atoms with van der Waals surface area (Å²) in [4.78, 5) is 21.7. The summed E-state index contributed by atoms with van der Waals surface area (Å²) in [5, 5.41) is 11.2. The van der Waals surface area contributed by atoms with Gasteiger partial charge in [0.2, 0.25) is 0 Å². The van der Waals surface area contributed by atoms with Crippen molar-refractivity contribution in [2.75, 3.05) is 0 Å². The first-order chi connectivity index (χ1) is 7.18. The first-order valence-corrected chi connectivity index (χ1v) is 5.10. The van der Waals surface area contributed by atoms with Crippen LogP contribution in [0.2, 0.25) is 0 Å². The second-order valence-electron chi connectivity index (χ2n) is 3.91. The van der Waals surface area contributed by atoms with Crippen LogP contribution >= 0.6 is 0 Å². The van der Waals surface area contributed by atoms with Crippen molar-refractivity contribution in [1.29, 1.82) is 0 Å². The first kappa shape index (κ1) is 10.0. The fraction of sp³-hybridized carbons (Fsp3) is 0.600. The highest BCUT2D eigenvalue weighted by Crippen LogP contribution is 2.36. The highest BCUT2D eigenvalue weighted by atomic mass is 16.5. The Balaban J connectivity index is 2.16. The predicted octanol–water partition coefficient (Wildman–Crippen LogP) is 1.25. The van der Waals surface area contributed by atoms with E-state index < -0.39 is 11.6 Å². The average molecular weight is 211 g/mol. The maximum atomic E-state index is 11.3. The van der Waals surface area contributed by atoms with Gasteiger partial charge in [0.25, 0.3) is 0 Å². The summed E-state index contributed by atoms with van der Waals surface area (Å²) in [6.07, 6.45) is 3.50. The average Bonchev–Trinajstić information content (AvgIpc) is 2.42. The van der Waals surface area contributed by atoms with Crippen molar-refractivity contribution in [3.63, 3.8) is 0 Å². The van der Waals surface area contributed by atoms with E-state index in [1.54, 1.807) is 0 Å². The lowest BCUT2D eigenvalue weighted by molar-refractivity contribution is -0.136. The van der Waals surface area contributed by atoms with E-state index >= 15 is 0 Å². The predicted molar refractivity (Wildman–Crippen MR) is 51.9 cm³/mol. The van der Waals surface area contributed by atoms with Gasteiger partial charge in [-0.05, 0) is 19.3 Å². The van der Waals surface area contributed by atoms with Gasteiger partial charge >= 0.3 is 11.6 Å². The Kier molecular flexibility index (Phi) is 2.62. The number of hydrogen-bond acceptors (Lipinski definition) is 3. The molecule has 1 aliphatic rings. The number of nitrogens with one attached hydrogen (secondary N) is 1. The summed E-state index contributed by atoms with van der Waals surface area (Å²) in [6, 6.07) is 0. The molecule has 1 aromatic heterocycles. The van der Waals surface area contributed by atoms with Crippen molar-refractivity contribution in [1.82, 2.24) is 5.16 Å². The van der Waals surface area contributed by atoms with Gasteiger partial charge in [-0.25, -0.2) is 9.95 Å². The molecule has 0 aliphatic heterocycles. The lowest BCUT2D eigenvalue weighted by Crippen LogP contribution is -2.14. The van der Waals surface area contributed by atoms with Crippen molar-refractivity contribution >= 4 is 5.97 Å². The molecule has 0 spiro atoms. The number of hydrogen-bond donors (Lipinski definition) is 2. The molecular formula is C10H13NO4. The molecule has 1 aromatic rings. The van der Waals surface area contributed by atoms with Crippen molar-refractivity contribution < 1.29 is 14.4 Å². The van der Waals surface area contributed by atoms with Crippen LogP contribution in [0.1, 0.15) is 42.9 Å². The Labute approximate surface area is 86.1 Å². The zero-order chi connectivity index (χ0) is 10.8. The fourth-order valence-corrected chi connectivity index (χ4v) is 1.83. The Morgan fingerprint density at radius 2 is 2.27 bits per heavy atom. The van der Waals surface area contributed by atoms with Crippen molar-refractivity contribution in [2.24, 2.45) is 0 Å². The van der Waals surface area contributed by atoms with Gasteiger partial charge in [0.15, 0.2) is 0 Å². The number of carboxylic acids is 1. The van der Waals surface area contributed by atoms with Crippen molar-refractivity contribution in [3.8, 4) is 0 Å². The van der Waals surface area contributed by atoms with Gasteiger partial charge in [0.05, 0.1) is 11.3 Å². The van der Waals surface area contributed by atoms with Gasteiger partial charge in [-0.2, -0.15) is 0 Å². The van der Waals surface area contributed by atoms with Crippen LogP contribution in [-0.4, -0.2) is 16.2 Å². The topological polar surface area (TPSA) is 83.3 Å². The maximum Gasteiger partial charge on any atom is 0.360 e. The third-order valence-electron chi connectivity index (χ3n) is 2.93. The molecule has 0 radical (unpaired) electrons. The SMILES string of the molecule is O=C(O)CCc1c(C2CCC2)[nH]oc1=O. The normalized spacial score (nSPS) is 16.3. The number of carboxylic acid groups (broad SMARTS) is 1. The van der Waals surface area contributed by atoms with E-state index in [4.69, 9.17) is 9.63 Å². The quantitative estimate of drug-likeness (QED) is 0.785. The molecule has 2 N–H and O–H groups in total. The molecule has 0 amide bonds. The fourth-order valence-electron chi connectivity index (χ4n) is 1.83. The Hall–Kier alpha value is -1.52. The van der Waals surface area contributed by atoms with E-state index in [0.717, 1.165) is 25.0 Å². The summed E-state index contributed by atoms with van der Waals surface area (Å²) in [6.45, 7) is 0. The van der Waals surface area contributed by atoms with Gasteiger partial charge in [-0.15, -0.1) is 0 Å². The monoisotopic (exact) mass is 211 g/mol. The molecular weight excluding hydrogens is 198 g/mol. The third kappa shape index (κ3) is 1.95. The van der Waals surface area contributed by atoms with Gasteiger partial charge in [0.1, 0.15) is 0 Å². The summed E-state index contributed by atoms with van der Waals surface area (Å²) in [5.74, 6) is -0.532. The van der Waals surface area contributed by atoms with Crippen LogP contribution in [0, 0.1) is 0 Å². The molecule has 5 nitrogen and oxygen atoms in total. The maximum absolute atomic E-state index is 11.3. The highest BCUT2D eigenvalue weighted by Gasteiger charge is 2.26. The summed E-state index contributed by atoms with van der Waals surface area (Å²) < 4.78 is 4.71. The van der Waals surface area contributed by atoms with Crippen LogP contribution in [0.3, 0.4) is 0 Å². The van der Waals surface area contributed by atoms with Gasteiger partial charge < -0.3 is 9.63 Å². The molecule has 5 heteroatoms. The molecule has 1 aliphatic carbocycles. The minimum absolute atomic E-state index is 0.0255. The molecule has 0 saturated heterocycles. The third-order valence-corrected chi connectivity index (χ3v) is 2.93. The molecule has 0 aromatic carbocycles. The van der Waals surface area contributed by atoms with Crippen LogP contribution in [0.4, 0.5) is 0 Å². The molecule has 2 rings (SSSR count). The number of aliphatic carboxylic acids is 1. The molecule has 0 unspecified atom stereocenters. The zero-order valence-corrected chi connectivity index (χ0v) is 8.28. The summed E-state index contributed by atoms with van der Waals surface area (Å²) >= 11 is 0. The molecule has 82 valence electrons. The van der Waals surface area contributed by atoms with Crippen molar-refractivity contribution in [3.05, 3.63) is 21.7 Å². The lowest BCUT2D eigenvalue weighted by Gasteiger charge is -2.24. The molecule has 0 bridgehead atoms. The largest absolute Gasteiger partial charge is 0.481 e. The van der Waals surface area contributed by atoms with E-state index in [0.29, 0.717) is 11.5 Å². The highest BCUT2D eigenvalue weighted by molar-refractivity contribution is 5.67. The van der Waals surface area contributed by atoms with Crippen LogP contribution in [0.15, 0.2) is 9.32 Å². The Bertz CT molecular complexity index is 413. The molecule has 15 heavy (non-hydrogen) atoms. The van der Waals surface area contributed by atoms with Crippen LogP contribution in [0.5, 0.6) is 0 Å². The van der Waals surface area contributed by atoms with Gasteiger partial charge in [-0.3, -0.25) is 4.79 Å². The number of carbonyl (C=O) groups is 1. The number of aromatic nitrogens is 1. The van der Waals surface area contributed by atoms with Gasteiger partial charge in [-0.1, -0.05) is 6.42 Å². The first-order valence-electron chi connectivity index (χ1n) is 5.10. The number of rotatable bonds is 4. The summed E-state index contributed by atoms with van der Waals surface area (Å²) in [5.41, 5.74) is 0.910. The molecule has 0 atom stereocenters. The second-order valence-corrected chi connectivity index (χ2v) is 3.91. The van der Waals surface area contributed by atoms with E-state index in [9.17, 15) is 9.59 Å². The van der Waals surface area contributed by atoms with Crippen LogP contribution in [0.25, 0.3) is 0 Å². The minimum atomic E-state index is -0.893. The lowest BCUT2D eigenvalue weighted by atomic mass is 9.81.